The van der Waals surface area contributed by atoms with Crippen LogP contribution < -0.4 is 4.74 Å². The summed E-state index contributed by atoms with van der Waals surface area (Å²) >= 11 is 0. The number of hydrogen-bond donors (Lipinski definition) is 2. The Labute approximate surface area is 114 Å². The van der Waals surface area contributed by atoms with Gasteiger partial charge in [-0.3, -0.25) is 0 Å². The molecule has 104 valence electrons. The van der Waals surface area contributed by atoms with E-state index in [0.717, 1.165) is 37.7 Å². The first-order valence-corrected chi connectivity index (χ1v) is 7.11. The summed E-state index contributed by atoms with van der Waals surface area (Å²) in [5.41, 5.74) is 0.505. The maximum Gasteiger partial charge on any atom is 0.161 e. The van der Waals surface area contributed by atoms with E-state index in [2.05, 4.69) is 13.8 Å². The van der Waals surface area contributed by atoms with Crippen LogP contribution in [0.1, 0.15) is 51.5 Å². The molecule has 2 fully saturated rings. The van der Waals surface area contributed by atoms with Gasteiger partial charge in [-0.2, -0.15) is 0 Å². The van der Waals surface area contributed by atoms with Crippen LogP contribution in [-0.2, 0) is 5.60 Å². The molecule has 0 bridgehead atoms. The standard InChI is InChI=1S/C16H22O3/c1-15(2)6-5-12(10-15)19-14-9-11(3-4-13(14)17)16(18)7-8-16/h3-4,9,12,17-18H,5-8,10H2,1-2H3. The van der Waals surface area contributed by atoms with Crippen LogP contribution in [0.3, 0.4) is 0 Å². The van der Waals surface area contributed by atoms with Gasteiger partial charge in [-0.15, -0.1) is 0 Å². The maximum absolute atomic E-state index is 10.1. The van der Waals surface area contributed by atoms with E-state index in [1.54, 1.807) is 18.2 Å². The second-order valence-electron chi connectivity index (χ2n) is 6.86. The largest absolute Gasteiger partial charge is 0.504 e. The zero-order valence-corrected chi connectivity index (χ0v) is 11.6. The van der Waals surface area contributed by atoms with E-state index < -0.39 is 5.60 Å². The summed E-state index contributed by atoms with van der Waals surface area (Å²) in [6.45, 7) is 4.50. The Morgan fingerprint density at radius 3 is 2.53 bits per heavy atom. The molecular formula is C16H22O3. The molecule has 3 nitrogen and oxygen atoms in total. The second kappa shape index (κ2) is 4.14. The van der Waals surface area contributed by atoms with Crippen LogP contribution in [0, 0.1) is 5.41 Å². The van der Waals surface area contributed by atoms with Crippen molar-refractivity contribution in [1.82, 2.24) is 0 Å². The molecule has 0 amide bonds. The molecule has 0 aliphatic heterocycles. The van der Waals surface area contributed by atoms with Gasteiger partial charge in [0.2, 0.25) is 0 Å². The van der Waals surface area contributed by atoms with Crippen molar-refractivity contribution >= 4 is 0 Å². The highest BCUT2D eigenvalue weighted by molar-refractivity contribution is 5.45. The quantitative estimate of drug-likeness (QED) is 0.878. The normalized spacial score (nSPS) is 27.2. The molecule has 3 rings (SSSR count). The lowest BCUT2D eigenvalue weighted by Crippen LogP contribution is -2.15. The fourth-order valence-corrected chi connectivity index (χ4v) is 2.96. The number of aromatic hydroxyl groups is 1. The van der Waals surface area contributed by atoms with Crippen molar-refractivity contribution in [3.05, 3.63) is 23.8 Å². The molecule has 2 N–H and O–H groups in total. The van der Waals surface area contributed by atoms with E-state index in [1.807, 2.05) is 0 Å². The molecule has 0 radical (unpaired) electrons. The van der Waals surface area contributed by atoms with Crippen LogP contribution >= 0.6 is 0 Å². The molecule has 1 unspecified atom stereocenters. The third-order valence-electron chi connectivity index (χ3n) is 4.44. The highest BCUT2D eigenvalue weighted by atomic mass is 16.5. The summed E-state index contributed by atoms with van der Waals surface area (Å²) in [7, 11) is 0. The van der Waals surface area contributed by atoms with E-state index in [1.165, 1.54) is 0 Å². The summed E-state index contributed by atoms with van der Waals surface area (Å²) < 4.78 is 5.94. The molecule has 1 aromatic rings. The van der Waals surface area contributed by atoms with Crippen LogP contribution in [0.5, 0.6) is 11.5 Å². The van der Waals surface area contributed by atoms with Crippen molar-refractivity contribution in [2.24, 2.45) is 5.41 Å². The van der Waals surface area contributed by atoms with Gasteiger partial charge < -0.3 is 14.9 Å². The molecule has 1 atom stereocenters. The Bertz CT molecular complexity index is 489. The predicted octanol–water partition coefficient (Wildman–Crippen LogP) is 3.33. The number of phenols is 1. The SMILES string of the molecule is CC1(C)CCC(Oc2cc(C3(O)CC3)ccc2O)C1. The van der Waals surface area contributed by atoms with Gasteiger partial charge >= 0.3 is 0 Å². The number of rotatable bonds is 3. The minimum Gasteiger partial charge on any atom is -0.504 e. The lowest BCUT2D eigenvalue weighted by molar-refractivity contribution is 0.149. The topological polar surface area (TPSA) is 49.7 Å². The van der Waals surface area contributed by atoms with E-state index in [9.17, 15) is 10.2 Å². The highest BCUT2D eigenvalue weighted by Crippen LogP contribution is 2.47. The Morgan fingerprint density at radius 1 is 1.21 bits per heavy atom. The molecule has 0 saturated heterocycles. The molecule has 19 heavy (non-hydrogen) atoms. The van der Waals surface area contributed by atoms with Crippen molar-refractivity contribution in [2.75, 3.05) is 0 Å². The Kier molecular flexibility index (Phi) is 2.79. The van der Waals surface area contributed by atoms with Gasteiger partial charge in [-0.25, -0.2) is 0 Å². The molecule has 2 saturated carbocycles. The van der Waals surface area contributed by atoms with Gasteiger partial charge in [0.05, 0.1) is 11.7 Å². The van der Waals surface area contributed by atoms with Gasteiger partial charge in [0.25, 0.3) is 0 Å². The van der Waals surface area contributed by atoms with Crippen LogP contribution in [0.25, 0.3) is 0 Å². The highest BCUT2D eigenvalue weighted by Gasteiger charge is 2.42. The number of ether oxygens (including phenoxy) is 1. The first kappa shape index (κ1) is 12.8. The summed E-state index contributed by atoms with van der Waals surface area (Å²) in [5.74, 6) is 0.679. The van der Waals surface area contributed by atoms with E-state index in [-0.39, 0.29) is 11.9 Å². The van der Waals surface area contributed by atoms with Crippen LogP contribution in [0.4, 0.5) is 0 Å². The van der Waals surface area contributed by atoms with Crippen LogP contribution in [0.15, 0.2) is 18.2 Å². The Hall–Kier alpha value is -1.22. The fourth-order valence-electron chi connectivity index (χ4n) is 2.96. The van der Waals surface area contributed by atoms with Gasteiger partial charge in [-0.05, 0) is 55.2 Å². The molecule has 2 aliphatic rings. The first-order chi connectivity index (χ1) is 8.88. The molecular weight excluding hydrogens is 240 g/mol. The van der Waals surface area contributed by atoms with Crippen LogP contribution in [0.2, 0.25) is 0 Å². The van der Waals surface area contributed by atoms with E-state index in [4.69, 9.17) is 4.74 Å². The molecule has 2 aliphatic carbocycles. The summed E-state index contributed by atoms with van der Waals surface area (Å²) in [5, 5.41) is 20.0. The average Bonchev–Trinajstić information content (AvgIpc) is 2.99. The minimum atomic E-state index is -0.680. The lowest BCUT2D eigenvalue weighted by Gasteiger charge is -2.19. The van der Waals surface area contributed by atoms with Gasteiger partial charge in [0, 0.05) is 0 Å². The van der Waals surface area contributed by atoms with Crippen molar-refractivity contribution < 1.29 is 14.9 Å². The fraction of sp³-hybridized carbons (Fsp3) is 0.625. The van der Waals surface area contributed by atoms with Gasteiger partial charge in [0.15, 0.2) is 11.5 Å². The summed E-state index contributed by atoms with van der Waals surface area (Å²) in [6, 6.07) is 5.21. The Balaban J connectivity index is 1.77. The zero-order chi connectivity index (χ0) is 13.7. The average molecular weight is 262 g/mol. The molecule has 0 spiro atoms. The van der Waals surface area contributed by atoms with Crippen molar-refractivity contribution in [3.63, 3.8) is 0 Å². The van der Waals surface area contributed by atoms with Crippen molar-refractivity contribution in [1.29, 1.82) is 0 Å². The zero-order valence-electron chi connectivity index (χ0n) is 11.6. The third kappa shape index (κ3) is 2.57. The second-order valence-corrected chi connectivity index (χ2v) is 6.86. The minimum absolute atomic E-state index is 0.165. The number of hydrogen-bond acceptors (Lipinski definition) is 3. The number of aliphatic hydroxyl groups is 1. The maximum atomic E-state index is 10.1. The van der Waals surface area contributed by atoms with Crippen molar-refractivity contribution in [3.8, 4) is 11.5 Å². The smallest absolute Gasteiger partial charge is 0.161 e. The summed E-state index contributed by atoms with van der Waals surface area (Å²) in [6.07, 6.45) is 4.97. The first-order valence-electron chi connectivity index (χ1n) is 7.11. The van der Waals surface area contributed by atoms with Crippen LogP contribution in [-0.4, -0.2) is 16.3 Å². The molecule has 0 aromatic heterocycles. The number of phenolic OH excluding ortho intramolecular Hbond substituents is 1. The summed E-state index contributed by atoms with van der Waals surface area (Å²) in [4.78, 5) is 0. The lowest BCUT2D eigenvalue weighted by atomic mass is 9.92. The molecule has 1 aromatic carbocycles. The van der Waals surface area contributed by atoms with Gasteiger partial charge in [0.1, 0.15) is 0 Å². The number of benzene rings is 1. The van der Waals surface area contributed by atoms with Crippen molar-refractivity contribution in [2.45, 2.75) is 57.7 Å². The molecule has 3 heteroatoms. The molecule has 0 heterocycles. The predicted molar refractivity (Wildman–Crippen MR) is 73.3 cm³/mol. The van der Waals surface area contributed by atoms with E-state index in [0.29, 0.717) is 11.2 Å². The Morgan fingerprint density at radius 2 is 1.95 bits per heavy atom. The van der Waals surface area contributed by atoms with E-state index >= 15 is 0 Å². The monoisotopic (exact) mass is 262 g/mol. The van der Waals surface area contributed by atoms with Gasteiger partial charge in [-0.1, -0.05) is 19.9 Å². The third-order valence-corrected chi connectivity index (χ3v) is 4.44.